The van der Waals surface area contributed by atoms with Gasteiger partial charge in [-0.05, 0) is 37.0 Å². The molecule has 1 aromatic carbocycles. The fourth-order valence-electron chi connectivity index (χ4n) is 2.38. The number of hydrogen-bond donors (Lipinski definition) is 2. The third kappa shape index (κ3) is 4.78. The molecule has 0 saturated carbocycles. The average molecular weight is 278 g/mol. The van der Waals surface area contributed by atoms with Crippen LogP contribution in [0.4, 0.5) is 0 Å². The van der Waals surface area contributed by atoms with Crippen molar-refractivity contribution >= 4 is 0 Å². The normalized spacial score (nSPS) is 15.5. The lowest BCUT2D eigenvalue weighted by atomic mass is 10.0. The van der Waals surface area contributed by atoms with Crippen molar-refractivity contribution in [3.05, 3.63) is 29.3 Å². The summed E-state index contributed by atoms with van der Waals surface area (Å²) in [4.78, 5) is 0. The monoisotopic (exact) mass is 278 g/mol. The summed E-state index contributed by atoms with van der Waals surface area (Å²) >= 11 is 0. The third-order valence-electron chi connectivity index (χ3n) is 3.56. The second-order valence-electron chi connectivity index (χ2n) is 5.37. The van der Waals surface area contributed by atoms with Crippen molar-refractivity contribution in [2.75, 3.05) is 33.4 Å². The van der Waals surface area contributed by atoms with Crippen LogP contribution in [0.5, 0.6) is 5.75 Å². The van der Waals surface area contributed by atoms with Crippen LogP contribution in [0, 0.1) is 0 Å². The van der Waals surface area contributed by atoms with Crippen molar-refractivity contribution in [2.24, 2.45) is 0 Å². The van der Waals surface area contributed by atoms with Crippen LogP contribution in [0.3, 0.4) is 0 Å². The topological polar surface area (TPSA) is 42.5 Å². The van der Waals surface area contributed by atoms with E-state index in [1.165, 1.54) is 11.1 Å². The predicted octanol–water partition coefficient (Wildman–Crippen LogP) is 1.73. The molecule has 1 atom stereocenters. The first-order chi connectivity index (χ1) is 9.79. The minimum atomic E-state index is 0.444. The maximum Gasteiger partial charge on any atom is 0.122 e. The first-order valence-corrected chi connectivity index (χ1v) is 7.47. The Hall–Kier alpha value is -1.10. The first kappa shape index (κ1) is 15.3. The molecule has 2 N–H and O–H groups in total. The molecule has 2 rings (SSSR count). The van der Waals surface area contributed by atoms with E-state index in [-0.39, 0.29) is 0 Å². The highest BCUT2D eigenvalue weighted by molar-refractivity contribution is 5.38. The first-order valence-electron chi connectivity index (χ1n) is 7.47. The van der Waals surface area contributed by atoms with Crippen molar-refractivity contribution < 1.29 is 9.47 Å². The Kier molecular flexibility index (Phi) is 6.30. The van der Waals surface area contributed by atoms with E-state index in [1.54, 1.807) is 7.11 Å². The zero-order chi connectivity index (χ0) is 14.2. The van der Waals surface area contributed by atoms with Crippen molar-refractivity contribution in [3.8, 4) is 5.75 Å². The van der Waals surface area contributed by atoms with Crippen molar-refractivity contribution in [3.63, 3.8) is 0 Å². The molecular weight excluding hydrogens is 252 g/mol. The third-order valence-corrected chi connectivity index (χ3v) is 3.56. The van der Waals surface area contributed by atoms with Crippen LogP contribution in [0.2, 0.25) is 0 Å². The van der Waals surface area contributed by atoms with Crippen LogP contribution in [0.1, 0.15) is 24.5 Å². The number of fused-ring (bicyclic) bond motifs is 1. The summed E-state index contributed by atoms with van der Waals surface area (Å²) in [6, 6.07) is 6.97. The molecule has 4 heteroatoms. The highest BCUT2D eigenvalue weighted by Crippen LogP contribution is 2.25. The van der Waals surface area contributed by atoms with E-state index in [0.717, 1.165) is 51.4 Å². The Morgan fingerprint density at radius 3 is 3.15 bits per heavy atom. The van der Waals surface area contributed by atoms with Gasteiger partial charge < -0.3 is 20.1 Å². The molecule has 0 fully saturated rings. The molecule has 0 radical (unpaired) electrons. The quantitative estimate of drug-likeness (QED) is 0.711. The summed E-state index contributed by atoms with van der Waals surface area (Å²) in [5, 5.41) is 6.90. The van der Waals surface area contributed by atoms with Gasteiger partial charge in [0.05, 0.1) is 13.2 Å². The fraction of sp³-hybridized carbons (Fsp3) is 0.625. The van der Waals surface area contributed by atoms with Gasteiger partial charge in [-0.1, -0.05) is 12.1 Å². The molecule has 0 saturated heterocycles. The summed E-state index contributed by atoms with van der Waals surface area (Å²) in [6.45, 7) is 6.57. The maximum atomic E-state index is 5.64. The van der Waals surface area contributed by atoms with Crippen LogP contribution in [-0.4, -0.2) is 39.5 Å². The molecule has 112 valence electrons. The van der Waals surface area contributed by atoms with E-state index in [4.69, 9.17) is 9.47 Å². The number of nitrogens with one attached hydrogen (secondary N) is 2. The van der Waals surface area contributed by atoms with Gasteiger partial charge in [-0.25, -0.2) is 0 Å². The van der Waals surface area contributed by atoms with Gasteiger partial charge in [-0.3, -0.25) is 0 Å². The number of ether oxygens (including phenoxy) is 2. The predicted molar refractivity (Wildman–Crippen MR) is 81.3 cm³/mol. The second kappa shape index (κ2) is 8.25. The van der Waals surface area contributed by atoms with Gasteiger partial charge in [0, 0.05) is 32.8 Å². The molecule has 20 heavy (non-hydrogen) atoms. The Morgan fingerprint density at radius 2 is 2.30 bits per heavy atom. The minimum Gasteiger partial charge on any atom is -0.493 e. The highest BCUT2D eigenvalue weighted by Gasteiger charge is 2.10. The molecular formula is C16H26N2O2. The van der Waals surface area contributed by atoms with E-state index < -0.39 is 0 Å². The molecule has 4 nitrogen and oxygen atoms in total. The standard InChI is InChI=1S/C16H26N2O2/c1-13(11-17-7-9-19-2)18-12-14-5-6-16-15(10-14)4-3-8-20-16/h5-6,10,13,17-18H,3-4,7-9,11-12H2,1-2H3. The molecule has 0 bridgehead atoms. The summed E-state index contributed by atoms with van der Waals surface area (Å²) < 4.78 is 10.6. The smallest absolute Gasteiger partial charge is 0.122 e. The minimum absolute atomic E-state index is 0.444. The highest BCUT2D eigenvalue weighted by atomic mass is 16.5. The van der Waals surface area contributed by atoms with Crippen molar-refractivity contribution in [2.45, 2.75) is 32.4 Å². The van der Waals surface area contributed by atoms with Gasteiger partial charge in [0.1, 0.15) is 5.75 Å². The van der Waals surface area contributed by atoms with Gasteiger partial charge in [0.2, 0.25) is 0 Å². The number of hydrogen-bond acceptors (Lipinski definition) is 4. The Morgan fingerprint density at radius 1 is 1.40 bits per heavy atom. The number of methoxy groups -OCH3 is 1. The van der Waals surface area contributed by atoms with Crippen LogP contribution in [0.25, 0.3) is 0 Å². The summed E-state index contributed by atoms with van der Waals surface area (Å²) in [5.41, 5.74) is 2.68. The van der Waals surface area contributed by atoms with Crippen molar-refractivity contribution in [1.29, 1.82) is 0 Å². The lowest BCUT2D eigenvalue weighted by Crippen LogP contribution is -2.37. The Balaban J connectivity index is 1.73. The van der Waals surface area contributed by atoms with Gasteiger partial charge in [0.25, 0.3) is 0 Å². The van der Waals surface area contributed by atoms with E-state index in [0.29, 0.717) is 6.04 Å². The molecule has 1 aliphatic rings. The van der Waals surface area contributed by atoms with Crippen LogP contribution in [-0.2, 0) is 17.7 Å². The van der Waals surface area contributed by atoms with E-state index in [2.05, 4.69) is 35.8 Å². The molecule has 0 amide bonds. The summed E-state index contributed by atoms with van der Waals surface area (Å²) in [6.07, 6.45) is 2.26. The van der Waals surface area contributed by atoms with Gasteiger partial charge in [-0.2, -0.15) is 0 Å². The van der Waals surface area contributed by atoms with Crippen LogP contribution < -0.4 is 15.4 Å². The SMILES string of the molecule is COCCNCC(C)NCc1ccc2c(c1)CCCO2. The van der Waals surface area contributed by atoms with E-state index in [1.807, 2.05) is 0 Å². The summed E-state index contributed by atoms with van der Waals surface area (Å²) in [5.74, 6) is 1.06. The average Bonchev–Trinajstić information content (AvgIpc) is 2.49. The molecule has 0 spiro atoms. The van der Waals surface area contributed by atoms with Crippen molar-refractivity contribution in [1.82, 2.24) is 10.6 Å². The number of aryl methyl sites for hydroxylation is 1. The zero-order valence-electron chi connectivity index (χ0n) is 12.6. The van der Waals surface area contributed by atoms with Gasteiger partial charge in [-0.15, -0.1) is 0 Å². The van der Waals surface area contributed by atoms with Crippen LogP contribution >= 0.6 is 0 Å². The largest absolute Gasteiger partial charge is 0.493 e. The Labute approximate surface area is 121 Å². The molecule has 0 aromatic heterocycles. The van der Waals surface area contributed by atoms with Crippen LogP contribution in [0.15, 0.2) is 18.2 Å². The molecule has 1 heterocycles. The van der Waals surface area contributed by atoms with Gasteiger partial charge in [0.15, 0.2) is 0 Å². The molecule has 1 aromatic rings. The summed E-state index contributed by atoms with van der Waals surface area (Å²) in [7, 11) is 1.73. The number of rotatable bonds is 8. The van der Waals surface area contributed by atoms with E-state index >= 15 is 0 Å². The Bertz CT molecular complexity index is 409. The van der Waals surface area contributed by atoms with Gasteiger partial charge >= 0.3 is 0 Å². The number of benzene rings is 1. The lowest BCUT2D eigenvalue weighted by Gasteiger charge is -2.19. The lowest BCUT2D eigenvalue weighted by molar-refractivity contribution is 0.198. The fourth-order valence-corrected chi connectivity index (χ4v) is 2.38. The second-order valence-corrected chi connectivity index (χ2v) is 5.37. The van der Waals surface area contributed by atoms with E-state index in [9.17, 15) is 0 Å². The molecule has 0 aliphatic carbocycles. The maximum absolute atomic E-state index is 5.64. The molecule has 1 unspecified atom stereocenters. The molecule has 1 aliphatic heterocycles. The zero-order valence-corrected chi connectivity index (χ0v) is 12.6.